The highest BCUT2D eigenvalue weighted by atomic mass is 32.2. The van der Waals surface area contributed by atoms with Gasteiger partial charge >= 0.3 is 5.97 Å². The van der Waals surface area contributed by atoms with Crippen molar-refractivity contribution in [3.8, 4) is 5.75 Å². The molecular formula is C25H27N3O5S. The molecule has 8 nitrogen and oxygen atoms in total. The molecule has 1 aliphatic carbocycles. The summed E-state index contributed by atoms with van der Waals surface area (Å²) in [5.41, 5.74) is 0.498. The van der Waals surface area contributed by atoms with Crippen LogP contribution in [0.4, 0.5) is 0 Å². The molecule has 178 valence electrons. The number of ether oxygens (including phenoxy) is 2. The zero-order valence-electron chi connectivity index (χ0n) is 18.9. The molecule has 1 saturated carbocycles. The van der Waals surface area contributed by atoms with Crippen LogP contribution in [0, 0.1) is 5.92 Å². The van der Waals surface area contributed by atoms with Crippen molar-refractivity contribution in [1.82, 2.24) is 15.0 Å². The first-order valence-electron chi connectivity index (χ1n) is 11.5. The first kappa shape index (κ1) is 22.6. The summed E-state index contributed by atoms with van der Waals surface area (Å²) in [6.45, 7) is 0. The first-order valence-corrected chi connectivity index (χ1v) is 12.3. The minimum Gasteiger partial charge on any atom is -0.511 e. The molecule has 1 unspecified atom stereocenters. The maximum Gasteiger partial charge on any atom is 0.349 e. The Kier molecular flexibility index (Phi) is 6.12. The summed E-state index contributed by atoms with van der Waals surface area (Å²) in [5.74, 6) is 0.433. The zero-order valence-corrected chi connectivity index (χ0v) is 19.7. The predicted octanol–water partition coefficient (Wildman–Crippen LogP) is 4.63. The molecule has 34 heavy (non-hydrogen) atoms. The Morgan fingerprint density at radius 3 is 2.68 bits per heavy atom. The van der Waals surface area contributed by atoms with Gasteiger partial charge in [0.25, 0.3) is 5.56 Å². The number of hydrogen-bond donors (Lipinski definition) is 3. The largest absolute Gasteiger partial charge is 0.511 e. The van der Waals surface area contributed by atoms with Gasteiger partial charge < -0.3 is 24.5 Å². The zero-order chi connectivity index (χ0) is 23.7. The summed E-state index contributed by atoms with van der Waals surface area (Å²) < 4.78 is 11.4. The molecule has 1 aromatic carbocycles. The van der Waals surface area contributed by atoms with Crippen molar-refractivity contribution in [3.63, 3.8) is 0 Å². The van der Waals surface area contributed by atoms with E-state index >= 15 is 0 Å². The van der Waals surface area contributed by atoms with Crippen molar-refractivity contribution >= 4 is 28.8 Å². The van der Waals surface area contributed by atoms with E-state index in [1.807, 2.05) is 24.3 Å². The van der Waals surface area contributed by atoms with Gasteiger partial charge in [-0.15, -0.1) is 0 Å². The lowest BCUT2D eigenvalue weighted by Crippen LogP contribution is -2.45. The molecule has 0 radical (unpaired) electrons. The number of benzene rings is 1. The second-order valence-corrected chi connectivity index (χ2v) is 9.95. The molecule has 0 saturated heterocycles. The Labute approximate surface area is 200 Å². The Balaban J connectivity index is 1.40. The van der Waals surface area contributed by atoms with E-state index < -0.39 is 11.6 Å². The van der Waals surface area contributed by atoms with Crippen LogP contribution >= 0.6 is 11.8 Å². The number of fused-ring (bicyclic) bond motifs is 1. The number of aromatic nitrogens is 3. The topological polar surface area (TPSA) is 117 Å². The number of aliphatic hydroxyl groups is 1. The van der Waals surface area contributed by atoms with Crippen molar-refractivity contribution in [1.29, 1.82) is 0 Å². The number of rotatable bonds is 7. The highest BCUT2D eigenvalue weighted by Gasteiger charge is 2.48. The third-order valence-corrected chi connectivity index (χ3v) is 7.90. The minimum atomic E-state index is -0.744. The number of nitrogens with zero attached hydrogens (tertiary/aromatic N) is 1. The number of carbonyl (C=O) groups is 1. The predicted molar refractivity (Wildman–Crippen MR) is 129 cm³/mol. The van der Waals surface area contributed by atoms with Gasteiger partial charge in [0.15, 0.2) is 5.16 Å². The highest BCUT2D eigenvalue weighted by Crippen LogP contribution is 2.47. The molecule has 3 aromatic rings. The first-order chi connectivity index (χ1) is 16.5. The van der Waals surface area contributed by atoms with E-state index in [1.54, 1.807) is 19.4 Å². The number of aryl methyl sites for hydroxylation is 1. The number of aromatic amines is 2. The van der Waals surface area contributed by atoms with Crippen LogP contribution in [-0.4, -0.2) is 38.7 Å². The summed E-state index contributed by atoms with van der Waals surface area (Å²) in [5, 5.41) is 11.7. The van der Waals surface area contributed by atoms with Crippen LogP contribution in [0.25, 0.3) is 11.0 Å². The fourth-order valence-corrected chi connectivity index (χ4v) is 5.88. The van der Waals surface area contributed by atoms with Gasteiger partial charge in [-0.3, -0.25) is 4.79 Å². The Morgan fingerprint density at radius 1 is 1.21 bits per heavy atom. The second kappa shape index (κ2) is 9.21. The average molecular weight is 482 g/mol. The third kappa shape index (κ3) is 4.32. The Bertz CT molecular complexity index is 1290. The maximum absolute atomic E-state index is 13.2. The summed E-state index contributed by atoms with van der Waals surface area (Å²) in [6.07, 6.45) is 7.39. The summed E-state index contributed by atoms with van der Waals surface area (Å²) in [6, 6.07) is 9.51. The summed E-state index contributed by atoms with van der Waals surface area (Å²) in [7, 11) is 1.64. The molecule has 5 rings (SSSR count). The van der Waals surface area contributed by atoms with Gasteiger partial charge in [0.2, 0.25) is 0 Å². The van der Waals surface area contributed by atoms with Crippen LogP contribution in [0.1, 0.15) is 44.1 Å². The van der Waals surface area contributed by atoms with Gasteiger partial charge in [-0.05, 0) is 67.1 Å². The van der Waals surface area contributed by atoms with Gasteiger partial charge in [-0.25, -0.2) is 9.78 Å². The van der Waals surface area contributed by atoms with Crippen LogP contribution in [-0.2, 0) is 16.0 Å². The van der Waals surface area contributed by atoms with E-state index in [-0.39, 0.29) is 33.7 Å². The molecule has 1 fully saturated rings. The SMILES string of the molecule is COc1ccc(CCC2(C3CCCC3)CC(O)=C(Sc3nc4[nH]ccc4c(=O)[nH]3)C(=O)O2)cc1. The minimum absolute atomic E-state index is 0.00267. The monoisotopic (exact) mass is 481 g/mol. The van der Waals surface area contributed by atoms with Gasteiger partial charge in [-0.2, -0.15) is 0 Å². The second-order valence-electron chi connectivity index (χ2n) is 8.95. The van der Waals surface area contributed by atoms with E-state index in [4.69, 9.17) is 9.47 Å². The van der Waals surface area contributed by atoms with Crippen LogP contribution in [0.15, 0.2) is 57.1 Å². The number of carbonyl (C=O) groups excluding carboxylic acids is 1. The molecule has 0 amide bonds. The number of H-pyrrole nitrogens is 2. The quantitative estimate of drug-likeness (QED) is 0.333. The molecule has 0 bridgehead atoms. The van der Waals surface area contributed by atoms with Crippen molar-refractivity contribution in [2.45, 2.75) is 55.7 Å². The van der Waals surface area contributed by atoms with E-state index in [0.717, 1.165) is 55.2 Å². The fraction of sp³-hybridized carbons (Fsp3) is 0.400. The normalized spacial score (nSPS) is 21.3. The molecule has 0 spiro atoms. The Hall–Kier alpha value is -3.20. The average Bonchev–Trinajstić information content (AvgIpc) is 3.53. The van der Waals surface area contributed by atoms with Gasteiger partial charge in [0.05, 0.1) is 12.5 Å². The standard InChI is InChI=1S/C25H27N3O5S/c1-32-17-8-6-15(7-9-17)10-12-25(16-4-2-3-5-16)14-19(29)20(23(31)33-25)34-24-27-21-18(11-13-26-21)22(30)28-24/h6-9,11,13,16,29H,2-5,10,12,14H2,1H3,(H2,26,27,28,30). The van der Waals surface area contributed by atoms with Gasteiger partial charge in [-0.1, -0.05) is 25.0 Å². The summed E-state index contributed by atoms with van der Waals surface area (Å²) in [4.78, 5) is 35.4. The lowest BCUT2D eigenvalue weighted by Gasteiger charge is -2.41. The van der Waals surface area contributed by atoms with E-state index in [1.165, 1.54) is 0 Å². The molecule has 9 heteroatoms. The van der Waals surface area contributed by atoms with Crippen molar-refractivity contribution in [3.05, 3.63) is 63.1 Å². The van der Waals surface area contributed by atoms with E-state index in [2.05, 4.69) is 15.0 Å². The summed E-state index contributed by atoms with van der Waals surface area (Å²) >= 11 is 0.930. The number of cyclic esters (lactones) is 1. The molecule has 2 aliphatic rings. The van der Waals surface area contributed by atoms with Crippen molar-refractivity contribution in [2.75, 3.05) is 7.11 Å². The lowest BCUT2D eigenvalue weighted by atomic mass is 9.77. The molecule has 1 aliphatic heterocycles. The molecule has 3 N–H and O–H groups in total. The lowest BCUT2D eigenvalue weighted by molar-refractivity contribution is -0.166. The smallest absolute Gasteiger partial charge is 0.349 e. The number of methoxy groups -OCH3 is 1. The van der Waals surface area contributed by atoms with E-state index in [9.17, 15) is 14.7 Å². The number of nitrogens with one attached hydrogen (secondary N) is 2. The number of esters is 1. The fourth-order valence-electron chi connectivity index (χ4n) is 5.10. The molecule has 2 aromatic heterocycles. The number of thioether (sulfide) groups is 1. The highest BCUT2D eigenvalue weighted by molar-refractivity contribution is 8.03. The Morgan fingerprint density at radius 2 is 1.97 bits per heavy atom. The molecule has 1 atom stereocenters. The van der Waals surface area contributed by atoms with Crippen molar-refractivity contribution < 1.29 is 19.4 Å². The van der Waals surface area contributed by atoms with Crippen LogP contribution < -0.4 is 10.3 Å². The third-order valence-electron chi connectivity index (χ3n) is 6.91. The van der Waals surface area contributed by atoms with Gasteiger partial charge in [0, 0.05) is 12.6 Å². The number of hydrogen-bond acceptors (Lipinski definition) is 7. The van der Waals surface area contributed by atoms with Crippen LogP contribution in [0.5, 0.6) is 5.75 Å². The molecule has 3 heterocycles. The molecular weight excluding hydrogens is 454 g/mol. The van der Waals surface area contributed by atoms with Crippen LogP contribution in [0.2, 0.25) is 0 Å². The maximum atomic E-state index is 13.2. The van der Waals surface area contributed by atoms with Gasteiger partial charge in [0.1, 0.15) is 27.7 Å². The van der Waals surface area contributed by atoms with E-state index in [0.29, 0.717) is 17.5 Å². The van der Waals surface area contributed by atoms with Crippen LogP contribution in [0.3, 0.4) is 0 Å². The van der Waals surface area contributed by atoms with Crippen molar-refractivity contribution in [2.24, 2.45) is 5.92 Å². The number of aliphatic hydroxyl groups excluding tert-OH is 1.